The molecule has 3 aliphatic heterocycles. The molecule has 2 unspecified atom stereocenters. The lowest BCUT2D eigenvalue weighted by Gasteiger charge is -2.21. The third-order valence-corrected chi connectivity index (χ3v) is 5.62. The second-order valence-corrected chi connectivity index (χ2v) is 7.66. The Bertz CT molecular complexity index is 1190. The van der Waals surface area contributed by atoms with Crippen LogP contribution in [0.4, 0.5) is 10.2 Å². The number of carbonyl (C=O) groups is 1. The molecule has 0 aliphatic carbocycles. The molecule has 4 heterocycles. The number of hydrogen-bond donors (Lipinski definition) is 2. The lowest BCUT2D eigenvalue weighted by molar-refractivity contribution is -0.377. The van der Waals surface area contributed by atoms with Crippen LogP contribution in [0.5, 0.6) is 0 Å². The molecule has 5 rings (SSSR count). The van der Waals surface area contributed by atoms with Crippen molar-refractivity contribution in [3.8, 4) is 0 Å². The number of anilines is 1. The molecular formula is C22H21FN5O+. The van der Waals surface area contributed by atoms with Crippen LogP contribution in [0.2, 0.25) is 0 Å². The standard InChI is InChI=1S/C22H20FN5O/c1-4-5-13-9-24-22(29)14-8-17-18-15(23)6-7-16-19(18)27-21(12(3)26-16)25-11(2)10-28(17)20(13)14/h4,6-8,10-11,13H,1,5,9H2,2-3H3,(H-,24,25,27,29)/p+1. The highest BCUT2D eigenvalue weighted by Gasteiger charge is 2.44. The fourth-order valence-electron chi connectivity index (χ4n) is 4.34. The van der Waals surface area contributed by atoms with Gasteiger partial charge < -0.3 is 10.6 Å². The summed E-state index contributed by atoms with van der Waals surface area (Å²) in [7, 11) is 0. The second-order valence-electron chi connectivity index (χ2n) is 7.66. The molecule has 0 saturated heterocycles. The van der Waals surface area contributed by atoms with Crippen LogP contribution in [-0.4, -0.2) is 39.3 Å². The van der Waals surface area contributed by atoms with Crippen molar-refractivity contribution >= 4 is 34.7 Å². The third kappa shape index (κ3) is 2.61. The molecule has 0 fully saturated rings. The van der Waals surface area contributed by atoms with E-state index in [4.69, 9.17) is 4.98 Å². The van der Waals surface area contributed by atoms with Crippen LogP contribution >= 0.6 is 0 Å². The van der Waals surface area contributed by atoms with Gasteiger partial charge in [0.15, 0.2) is 6.21 Å². The number of rotatable bonds is 2. The minimum absolute atomic E-state index is 0.0661. The molecule has 6 nitrogen and oxygen atoms in total. The Morgan fingerprint density at radius 1 is 1.38 bits per heavy atom. The van der Waals surface area contributed by atoms with Crippen LogP contribution < -0.4 is 10.6 Å². The van der Waals surface area contributed by atoms with Crippen molar-refractivity contribution in [3.05, 3.63) is 59.2 Å². The zero-order chi connectivity index (χ0) is 20.3. The predicted octanol–water partition coefficient (Wildman–Crippen LogP) is 2.91. The molecule has 0 saturated carbocycles. The maximum absolute atomic E-state index is 15.1. The number of aromatic nitrogens is 2. The van der Waals surface area contributed by atoms with E-state index in [2.05, 4.69) is 22.2 Å². The number of fused-ring (bicyclic) bond motifs is 4. The maximum atomic E-state index is 15.1. The molecule has 7 heteroatoms. The number of carbonyl (C=O) groups excluding carboxylic acids is 1. The van der Waals surface area contributed by atoms with Crippen molar-refractivity contribution in [1.82, 2.24) is 15.3 Å². The van der Waals surface area contributed by atoms with Crippen molar-refractivity contribution in [3.63, 3.8) is 0 Å². The molecule has 1 amide bonds. The summed E-state index contributed by atoms with van der Waals surface area (Å²) >= 11 is 0. The molecular weight excluding hydrogens is 369 g/mol. The number of benzene rings is 1. The van der Waals surface area contributed by atoms with Gasteiger partial charge in [-0.2, -0.15) is 4.58 Å². The van der Waals surface area contributed by atoms with E-state index in [1.165, 1.54) is 6.07 Å². The molecule has 3 aliphatic rings. The van der Waals surface area contributed by atoms with Gasteiger partial charge >= 0.3 is 0 Å². The van der Waals surface area contributed by atoms with Crippen LogP contribution in [0.3, 0.4) is 0 Å². The molecule has 0 spiro atoms. The first-order chi connectivity index (χ1) is 14.0. The number of nitrogens with one attached hydrogen (secondary N) is 2. The zero-order valence-electron chi connectivity index (χ0n) is 16.3. The first-order valence-corrected chi connectivity index (χ1v) is 9.71. The molecule has 0 radical (unpaired) electrons. The Hall–Kier alpha value is -3.35. The summed E-state index contributed by atoms with van der Waals surface area (Å²) in [6, 6.07) is 2.95. The minimum Gasteiger partial charge on any atom is -0.357 e. The van der Waals surface area contributed by atoms with Crippen LogP contribution in [-0.2, 0) is 4.79 Å². The van der Waals surface area contributed by atoms with E-state index >= 15 is 4.39 Å². The number of hydrogen-bond acceptors (Lipinski definition) is 4. The Morgan fingerprint density at radius 3 is 3.00 bits per heavy atom. The highest BCUT2D eigenvalue weighted by atomic mass is 19.1. The molecule has 1 aromatic heterocycles. The van der Waals surface area contributed by atoms with Gasteiger partial charge in [0.1, 0.15) is 34.3 Å². The molecule has 1 aromatic carbocycles. The van der Waals surface area contributed by atoms with Crippen molar-refractivity contribution in [1.29, 1.82) is 0 Å². The van der Waals surface area contributed by atoms with E-state index in [1.807, 2.05) is 30.7 Å². The van der Waals surface area contributed by atoms with Gasteiger partial charge in [-0.25, -0.2) is 14.4 Å². The summed E-state index contributed by atoms with van der Waals surface area (Å²) in [5.74, 6) is 0.167. The van der Waals surface area contributed by atoms with E-state index in [-0.39, 0.29) is 23.7 Å². The average molecular weight is 390 g/mol. The quantitative estimate of drug-likeness (QED) is 0.611. The topological polar surface area (TPSA) is 69.9 Å². The van der Waals surface area contributed by atoms with Crippen LogP contribution in [0, 0.1) is 18.7 Å². The Balaban J connectivity index is 1.82. The second kappa shape index (κ2) is 6.34. The van der Waals surface area contributed by atoms with Crippen molar-refractivity contribution < 1.29 is 13.8 Å². The fourth-order valence-corrected chi connectivity index (χ4v) is 4.34. The first-order valence-electron chi connectivity index (χ1n) is 9.71. The summed E-state index contributed by atoms with van der Waals surface area (Å²) in [5, 5.41) is 6.30. The summed E-state index contributed by atoms with van der Waals surface area (Å²) < 4.78 is 17.1. The normalized spacial score (nSPS) is 22.7. The smallest absolute Gasteiger partial charge is 0.257 e. The van der Waals surface area contributed by atoms with Gasteiger partial charge in [-0.15, -0.1) is 6.58 Å². The van der Waals surface area contributed by atoms with Crippen LogP contribution in [0.15, 0.2) is 42.1 Å². The SMILES string of the molecule is C=CCC1CNC(=O)C2=C1[N+]1=CC(C)Nc3nc4c(c(F)ccc4nc3C)C1=C2. The highest BCUT2D eigenvalue weighted by Crippen LogP contribution is 2.39. The molecule has 2 atom stereocenters. The van der Waals surface area contributed by atoms with Gasteiger partial charge in [0, 0.05) is 12.6 Å². The average Bonchev–Trinajstić information content (AvgIpc) is 3.06. The minimum atomic E-state index is -0.388. The van der Waals surface area contributed by atoms with E-state index in [1.54, 1.807) is 12.1 Å². The zero-order valence-corrected chi connectivity index (χ0v) is 16.3. The third-order valence-electron chi connectivity index (χ3n) is 5.62. The van der Waals surface area contributed by atoms with Gasteiger partial charge in [0.25, 0.3) is 5.91 Å². The molecule has 29 heavy (non-hydrogen) atoms. The van der Waals surface area contributed by atoms with Gasteiger partial charge in [0.2, 0.25) is 11.4 Å². The summed E-state index contributed by atoms with van der Waals surface area (Å²) in [6.45, 7) is 8.26. The number of halogens is 1. The van der Waals surface area contributed by atoms with E-state index in [9.17, 15) is 4.79 Å². The Kier molecular flexibility index (Phi) is 3.87. The lowest BCUT2D eigenvalue weighted by Crippen LogP contribution is -2.38. The fraction of sp³-hybridized carbons (Fsp3) is 0.273. The van der Waals surface area contributed by atoms with E-state index in [0.717, 1.165) is 11.4 Å². The Morgan fingerprint density at radius 2 is 2.21 bits per heavy atom. The Labute approximate surface area is 167 Å². The number of nitrogens with zero attached hydrogens (tertiary/aromatic N) is 3. The maximum Gasteiger partial charge on any atom is 0.257 e. The first kappa shape index (κ1) is 17.7. The van der Waals surface area contributed by atoms with Crippen LogP contribution in [0.1, 0.15) is 24.6 Å². The highest BCUT2D eigenvalue weighted by molar-refractivity contribution is 6.02. The van der Waals surface area contributed by atoms with Crippen molar-refractivity contribution in [2.45, 2.75) is 26.3 Å². The number of aryl methyl sites for hydroxylation is 1. The van der Waals surface area contributed by atoms with Crippen LogP contribution in [0.25, 0.3) is 16.7 Å². The largest absolute Gasteiger partial charge is 0.357 e. The van der Waals surface area contributed by atoms with Gasteiger partial charge in [-0.3, -0.25) is 4.79 Å². The number of amides is 1. The van der Waals surface area contributed by atoms with Crippen molar-refractivity contribution in [2.75, 3.05) is 11.9 Å². The van der Waals surface area contributed by atoms with Crippen molar-refractivity contribution in [2.24, 2.45) is 5.92 Å². The predicted molar refractivity (Wildman–Crippen MR) is 110 cm³/mol. The molecule has 146 valence electrons. The lowest BCUT2D eigenvalue weighted by atomic mass is 9.94. The van der Waals surface area contributed by atoms with Gasteiger partial charge in [0.05, 0.1) is 17.1 Å². The molecule has 2 N–H and O–H groups in total. The van der Waals surface area contributed by atoms with Gasteiger partial charge in [-0.1, -0.05) is 6.08 Å². The summed E-state index contributed by atoms with van der Waals surface area (Å²) in [4.78, 5) is 21.9. The molecule has 2 aromatic rings. The summed E-state index contributed by atoms with van der Waals surface area (Å²) in [6.07, 6.45) is 6.32. The number of allylic oxidation sites excluding steroid dienone is 1. The monoisotopic (exact) mass is 390 g/mol. The molecule has 2 bridgehead atoms. The van der Waals surface area contributed by atoms with Gasteiger partial charge in [-0.05, 0) is 32.4 Å². The summed E-state index contributed by atoms with van der Waals surface area (Å²) in [5.41, 5.74) is 4.29. The van der Waals surface area contributed by atoms with E-state index < -0.39 is 0 Å². The van der Waals surface area contributed by atoms with E-state index in [0.29, 0.717) is 46.7 Å².